The van der Waals surface area contributed by atoms with Crippen LogP contribution in [0, 0.1) is 6.92 Å². The smallest absolute Gasteiger partial charge is 0.217 e. The SMILES string of the molecule is COc1ncc(N)c(Br)c1C. The van der Waals surface area contributed by atoms with Gasteiger partial charge in [0.2, 0.25) is 5.88 Å². The quantitative estimate of drug-likeness (QED) is 0.779. The van der Waals surface area contributed by atoms with Gasteiger partial charge in [-0.25, -0.2) is 4.98 Å². The first-order valence-electron chi connectivity index (χ1n) is 3.11. The Morgan fingerprint density at radius 3 is 2.82 bits per heavy atom. The molecule has 3 nitrogen and oxygen atoms in total. The maximum Gasteiger partial charge on any atom is 0.217 e. The van der Waals surface area contributed by atoms with Gasteiger partial charge in [-0.2, -0.15) is 0 Å². The van der Waals surface area contributed by atoms with Crippen LogP contribution in [0.15, 0.2) is 10.7 Å². The first kappa shape index (κ1) is 8.33. The van der Waals surface area contributed by atoms with Crippen LogP contribution in [0.5, 0.6) is 5.88 Å². The van der Waals surface area contributed by atoms with Crippen LogP contribution >= 0.6 is 15.9 Å². The molecule has 0 saturated heterocycles. The minimum atomic E-state index is 0.603. The highest BCUT2D eigenvalue weighted by atomic mass is 79.9. The molecule has 0 aromatic carbocycles. The number of aromatic nitrogens is 1. The summed E-state index contributed by atoms with van der Waals surface area (Å²) in [5.74, 6) is 0.603. The highest BCUT2D eigenvalue weighted by Crippen LogP contribution is 2.28. The zero-order chi connectivity index (χ0) is 8.43. The van der Waals surface area contributed by atoms with Crippen molar-refractivity contribution >= 4 is 21.6 Å². The lowest BCUT2D eigenvalue weighted by Crippen LogP contribution is -1.95. The number of nitrogens with two attached hydrogens (primary N) is 1. The van der Waals surface area contributed by atoms with Gasteiger partial charge in [0.05, 0.1) is 23.5 Å². The molecule has 1 aromatic heterocycles. The number of halogens is 1. The third kappa shape index (κ3) is 1.45. The van der Waals surface area contributed by atoms with Crippen molar-refractivity contribution in [1.82, 2.24) is 4.98 Å². The van der Waals surface area contributed by atoms with Crippen molar-refractivity contribution in [2.45, 2.75) is 6.92 Å². The molecule has 0 atom stereocenters. The minimum absolute atomic E-state index is 0.603. The fraction of sp³-hybridized carbons (Fsp3) is 0.286. The van der Waals surface area contributed by atoms with Gasteiger partial charge < -0.3 is 10.5 Å². The third-order valence-electron chi connectivity index (χ3n) is 1.42. The fourth-order valence-electron chi connectivity index (χ4n) is 0.798. The largest absolute Gasteiger partial charge is 0.481 e. The van der Waals surface area contributed by atoms with Crippen LogP contribution in [0.4, 0.5) is 5.69 Å². The van der Waals surface area contributed by atoms with Gasteiger partial charge >= 0.3 is 0 Å². The third-order valence-corrected chi connectivity index (χ3v) is 2.47. The molecule has 1 aromatic rings. The normalized spacial score (nSPS) is 9.73. The Hall–Kier alpha value is -0.770. The molecule has 0 radical (unpaired) electrons. The van der Waals surface area contributed by atoms with Gasteiger partial charge in [0.15, 0.2) is 0 Å². The molecule has 1 heterocycles. The van der Waals surface area contributed by atoms with E-state index in [0.29, 0.717) is 11.6 Å². The second-order valence-corrected chi connectivity index (χ2v) is 2.95. The lowest BCUT2D eigenvalue weighted by Gasteiger charge is -2.05. The van der Waals surface area contributed by atoms with E-state index in [2.05, 4.69) is 20.9 Å². The minimum Gasteiger partial charge on any atom is -0.481 e. The van der Waals surface area contributed by atoms with Crippen molar-refractivity contribution in [1.29, 1.82) is 0 Å². The molecule has 0 aliphatic rings. The van der Waals surface area contributed by atoms with Crippen LogP contribution < -0.4 is 10.5 Å². The van der Waals surface area contributed by atoms with Crippen molar-refractivity contribution in [2.75, 3.05) is 12.8 Å². The number of rotatable bonds is 1. The van der Waals surface area contributed by atoms with Crippen molar-refractivity contribution in [3.63, 3.8) is 0 Å². The summed E-state index contributed by atoms with van der Waals surface area (Å²) < 4.78 is 5.84. The van der Waals surface area contributed by atoms with E-state index >= 15 is 0 Å². The highest BCUT2D eigenvalue weighted by molar-refractivity contribution is 9.10. The molecule has 0 unspecified atom stereocenters. The lowest BCUT2D eigenvalue weighted by atomic mass is 10.3. The number of ether oxygens (including phenoxy) is 1. The van der Waals surface area contributed by atoms with Gasteiger partial charge in [0.1, 0.15) is 0 Å². The maximum absolute atomic E-state index is 5.58. The monoisotopic (exact) mass is 216 g/mol. The molecule has 0 aliphatic carbocycles. The molecule has 0 bridgehead atoms. The van der Waals surface area contributed by atoms with Crippen molar-refractivity contribution in [3.8, 4) is 5.88 Å². The van der Waals surface area contributed by atoms with E-state index < -0.39 is 0 Å². The van der Waals surface area contributed by atoms with Crippen LogP contribution in [-0.2, 0) is 0 Å². The number of nitrogens with zero attached hydrogens (tertiary/aromatic N) is 1. The molecule has 2 N–H and O–H groups in total. The molecule has 0 fully saturated rings. The number of hydrogen-bond acceptors (Lipinski definition) is 3. The second kappa shape index (κ2) is 3.09. The van der Waals surface area contributed by atoms with Crippen molar-refractivity contribution in [3.05, 3.63) is 16.2 Å². The summed E-state index contributed by atoms with van der Waals surface area (Å²) in [7, 11) is 1.58. The van der Waals surface area contributed by atoms with Gasteiger partial charge in [0.25, 0.3) is 0 Å². The number of hydrogen-bond donors (Lipinski definition) is 1. The topological polar surface area (TPSA) is 48.1 Å². The first-order valence-corrected chi connectivity index (χ1v) is 3.90. The Kier molecular flexibility index (Phi) is 2.34. The summed E-state index contributed by atoms with van der Waals surface area (Å²) in [4.78, 5) is 3.98. The number of nitrogen functional groups attached to an aromatic ring is 1. The summed E-state index contributed by atoms with van der Waals surface area (Å²) in [6, 6.07) is 0. The molecule has 0 saturated carbocycles. The Morgan fingerprint density at radius 2 is 2.27 bits per heavy atom. The summed E-state index contributed by atoms with van der Waals surface area (Å²) in [5.41, 5.74) is 7.13. The molecule has 1 rings (SSSR count). The van der Waals surface area contributed by atoms with Gasteiger partial charge in [0, 0.05) is 5.56 Å². The number of pyridine rings is 1. The summed E-state index contributed by atoms with van der Waals surface area (Å²) in [6.07, 6.45) is 1.57. The standard InChI is InChI=1S/C7H9BrN2O/c1-4-6(8)5(9)3-10-7(4)11-2/h3H,9H2,1-2H3. The van der Waals surface area contributed by atoms with E-state index in [1.165, 1.54) is 0 Å². The number of anilines is 1. The van der Waals surface area contributed by atoms with Crippen molar-refractivity contribution in [2.24, 2.45) is 0 Å². The van der Waals surface area contributed by atoms with Crippen LogP contribution in [0.1, 0.15) is 5.56 Å². The van der Waals surface area contributed by atoms with Crippen molar-refractivity contribution < 1.29 is 4.74 Å². The first-order chi connectivity index (χ1) is 5.16. The molecule has 4 heteroatoms. The lowest BCUT2D eigenvalue weighted by molar-refractivity contribution is 0.394. The van der Waals surface area contributed by atoms with Gasteiger partial charge in [-0.1, -0.05) is 0 Å². The summed E-state index contributed by atoms with van der Waals surface area (Å²) in [5, 5.41) is 0. The van der Waals surface area contributed by atoms with Gasteiger partial charge in [-0.15, -0.1) is 0 Å². The van der Waals surface area contributed by atoms with Crippen LogP contribution in [0.25, 0.3) is 0 Å². The summed E-state index contributed by atoms with van der Waals surface area (Å²) >= 11 is 3.33. The zero-order valence-electron chi connectivity index (χ0n) is 6.39. The van der Waals surface area contributed by atoms with Crippen LogP contribution in [0.2, 0.25) is 0 Å². The molecule has 0 amide bonds. The Morgan fingerprint density at radius 1 is 1.64 bits per heavy atom. The summed E-state index contributed by atoms with van der Waals surface area (Å²) in [6.45, 7) is 1.90. The van der Waals surface area contributed by atoms with E-state index in [4.69, 9.17) is 10.5 Å². The zero-order valence-corrected chi connectivity index (χ0v) is 7.97. The Bertz CT molecular complexity index is 275. The average Bonchev–Trinajstić information content (AvgIpc) is 2.01. The van der Waals surface area contributed by atoms with Gasteiger partial charge in [-0.3, -0.25) is 0 Å². The fourth-order valence-corrected chi connectivity index (χ4v) is 1.07. The van der Waals surface area contributed by atoms with Crippen LogP contribution in [0.3, 0.4) is 0 Å². The molecular weight excluding hydrogens is 208 g/mol. The van der Waals surface area contributed by atoms with Gasteiger partial charge in [-0.05, 0) is 22.9 Å². The van der Waals surface area contributed by atoms with E-state index in [-0.39, 0.29) is 0 Å². The maximum atomic E-state index is 5.58. The highest BCUT2D eigenvalue weighted by Gasteiger charge is 2.05. The molecule has 11 heavy (non-hydrogen) atoms. The van der Waals surface area contributed by atoms with E-state index in [1.807, 2.05) is 6.92 Å². The Labute approximate surface area is 73.7 Å². The molecular formula is C7H9BrN2O. The van der Waals surface area contributed by atoms with Crippen LogP contribution in [-0.4, -0.2) is 12.1 Å². The molecule has 0 spiro atoms. The molecule has 60 valence electrons. The number of methoxy groups -OCH3 is 1. The van der Waals surface area contributed by atoms with E-state index in [1.54, 1.807) is 13.3 Å². The van der Waals surface area contributed by atoms with E-state index in [9.17, 15) is 0 Å². The van der Waals surface area contributed by atoms with E-state index in [0.717, 1.165) is 10.0 Å². The predicted molar refractivity (Wildman–Crippen MR) is 47.6 cm³/mol. The predicted octanol–water partition coefficient (Wildman–Crippen LogP) is 1.74. The average molecular weight is 217 g/mol. The Balaban J connectivity index is 3.25. The molecule has 0 aliphatic heterocycles. The second-order valence-electron chi connectivity index (χ2n) is 2.16.